The quantitative estimate of drug-likeness (QED) is 0.608. The van der Waals surface area contributed by atoms with Gasteiger partial charge in [-0.25, -0.2) is 14.2 Å². The summed E-state index contributed by atoms with van der Waals surface area (Å²) in [5, 5.41) is 0. The van der Waals surface area contributed by atoms with E-state index in [2.05, 4.69) is 4.99 Å². The molecule has 1 aromatic heterocycles. The van der Waals surface area contributed by atoms with Gasteiger partial charge in [0, 0.05) is 5.56 Å². The minimum Gasteiger partial charge on any atom is -0.466 e. The Kier molecular flexibility index (Phi) is 5.46. The number of halogens is 1. The number of aromatic nitrogens is 1. The van der Waals surface area contributed by atoms with Crippen molar-refractivity contribution < 1.29 is 13.9 Å². The zero-order valence-electron chi connectivity index (χ0n) is 16.5. The molecule has 0 saturated carbocycles. The Hall–Kier alpha value is -3.32. The highest BCUT2D eigenvalue weighted by atomic mass is 32.1. The molecule has 2 aromatic carbocycles. The van der Waals surface area contributed by atoms with Crippen LogP contribution in [-0.4, -0.2) is 17.6 Å². The maximum atomic E-state index is 14.1. The Morgan fingerprint density at radius 3 is 2.57 bits per heavy atom. The van der Waals surface area contributed by atoms with E-state index in [0.29, 0.717) is 32.6 Å². The van der Waals surface area contributed by atoms with Crippen LogP contribution in [0.2, 0.25) is 0 Å². The van der Waals surface area contributed by atoms with Gasteiger partial charge in [-0.3, -0.25) is 9.36 Å². The number of ether oxygens (including phenoxy) is 1. The van der Waals surface area contributed by atoms with Gasteiger partial charge in [-0.15, -0.1) is 0 Å². The first-order valence-corrected chi connectivity index (χ1v) is 10.3. The molecule has 0 fully saturated rings. The molecule has 0 amide bonds. The Morgan fingerprint density at radius 1 is 1.20 bits per heavy atom. The average molecular weight is 422 g/mol. The zero-order valence-corrected chi connectivity index (χ0v) is 17.3. The largest absolute Gasteiger partial charge is 0.466 e. The van der Waals surface area contributed by atoms with Crippen LogP contribution in [0.3, 0.4) is 0 Å². The fourth-order valence-corrected chi connectivity index (χ4v) is 4.56. The number of hydrogen-bond acceptors (Lipinski definition) is 5. The van der Waals surface area contributed by atoms with Crippen molar-refractivity contribution in [1.82, 2.24) is 4.57 Å². The molecular formula is C23H19FN2O3S. The monoisotopic (exact) mass is 422 g/mol. The lowest BCUT2D eigenvalue weighted by Gasteiger charge is -2.25. The smallest absolute Gasteiger partial charge is 0.338 e. The molecule has 7 heteroatoms. The van der Waals surface area contributed by atoms with E-state index >= 15 is 0 Å². The SMILES string of the molecule is CCC1=C(C(=O)OC)[C@@H](c2ccccc2)n2c(s/c(=C\c3ccccc3F)c2=O)=N1. The normalized spacial score (nSPS) is 16.2. The maximum absolute atomic E-state index is 14.1. The number of methoxy groups -OCH3 is 1. The molecular weight excluding hydrogens is 403 g/mol. The first-order valence-electron chi connectivity index (χ1n) is 9.47. The molecule has 1 atom stereocenters. The predicted molar refractivity (Wildman–Crippen MR) is 113 cm³/mol. The van der Waals surface area contributed by atoms with Crippen molar-refractivity contribution in [2.75, 3.05) is 7.11 Å². The van der Waals surface area contributed by atoms with Crippen molar-refractivity contribution in [2.24, 2.45) is 4.99 Å². The fourth-order valence-electron chi connectivity index (χ4n) is 3.55. The summed E-state index contributed by atoms with van der Waals surface area (Å²) in [5.74, 6) is -0.930. The van der Waals surface area contributed by atoms with Crippen molar-refractivity contribution in [3.8, 4) is 0 Å². The molecule has 0 bridgehead atoms. The summed E-state index contributed by atoms with van der Waals surface area (Å²) < 4.78 is 21.0. The van der Waals surface area contributed by atoms with Crippen molar-refractivity contribution in [1.29, 1.82) is 0 Å². The lowest BCUT2D eigenvalue weighted by molar-refractivity contribution is -0.136. The Morgan fingerprint density at radius 2 is 1.90 bits per heavy atom. The van der Waals surface area contributed by atoms with Crippen LogP contribution in [0.15, 0.2) is 75.7 Å². The second kappa shape index (κ2) is 8.20. The van der Waals surface area contributed by atoms with Crippen LogP contribution in [0.5, 0.6) is 0 Å². The first-order chi connectivity index (χ1) is 14.5. The van der Waals surface area contributed by atoms with E-state index in [-0.39, 0.29) is 5.56 Å². The number of esters is 1. The molecule has 3 aromatic rings. The number of thiazole rings is 1. The minimum absolute atomic E-state index is 0.321. The van der Waals surface area contributed by atoms with Gasteiger partial charge in [0.15, 0.2) is 4.80 Å². The molecule has 0 saturated heterocycles. The summed E-state index contributed by atoms with van der Waals surface area (Å²) in [6.07, 6.45) is 2.03. The van der Waals surface area contributed by atoms with Crippen molar-refractivity contribution in [2.45, 2.75) is 19.4 Å². The topological polar surface area (TPSA) is 60.7 Å². The van der Waals surface area contributed by atoms with Crippen LogP contribution in [0.4, 0.5) is 4.39 Å². The lowest BCUT2D eigenvalue weighted by Crippen LogP contribution is -2.40. The van der Waals surface area contributed by atoms with Crippen LogP contribution in [0.25, 0.3) is 6.08 Å². The van der Waals surface area contributed by atoms with E-state index in [9.17, 15) is 14.0 Å². The highest BCUT2D eigenvalue weighted by Crippen LogP contribution is 2.31. The summed E-state index contributed by atoms with van der Waals surface area (Å²) in [6, 6.07) is 14.9. The van der Waals surface area contributed by atoms with Crippen LogP contribution in [-0.2, 0) is 9.53 Å². The van der Waals surface area contributed by atoms with Gasteiger partial charge in [-0.2, -0.15) is 0 Å². The number of hydrogen-bond donors (Lipinski definition) is 0. The highest BCUT2D eigenvalue weighted by Gasteiger charge is 2.33. The van der Waals surface area contributed by atoms with Gasteiger partial charge in [0.05, 0.1) is 29.0 Å². The third-order valence-electron chi connectivity index (χ3n) is 4.96. The van der Waals surface area contributed by atoms with Gasteiger partial charge >= 0.3 is 5.97 Å². The molecule has 5 nitrogen and oxygen atoms in total. The van der Waals surface area contributed by atoms with Gasteiger partial charge in [0.2, 0.25) is 0 Å². The number of carbonyl (C=O) groups excluding carboxylic acids is 1. The number of rotatable bonds is 4. The van der Waals surface area contributed by atoms with Gasteiger partial charge in [0.1, 0.15) is 5.82 Å². The van der Waals surface area contributed by atoms with Crippen LogP contribution in [0, 0.1) is 5.82 Å². The molecule has 152 valence electrons. The summed E-state index contributed by atoms with van der Waals surface area (Å²) in [5.41, 5.74) is 1.69. The average Bonchev–Trinajstić information content (AvgIpc) is 3.09. The second-order valence-electron chi connectivity index (χ2n) is 6.72. The molecule has 30 heavy (non-hydrogen) atoms. The van der Waals surface area contributed by atoms with Gasteiger partial charge in [-0.1, -0.05) is 66.8 Å². The summed E-state index contributed by atoms with van der Waals surface area (Å²) in [7, 11) is 1.31. The summed E-state index contributed by atoms with van der Waals surface area (Å²) in [6.45, 7) is 1.90. The fraction of sp³-hybridized carbons (Fsp3) is 0.174. The Bertz CT molecular complexity index is 1320. The van der Waals surface area contributed by atoms with Gasteiger partial charge < -0.3 is 4.74 Å². The Balaban J connectivity index is 2.02. The molecule has 0 aliphatic carbocycles. The zero-order chi connectivity index (χ0) is 21.3. The van der Waals surface area contributed by atoms with Crippen LogP contribution in [0.1, 0.15) is 30.5 Å². The molecule has 0 radical (unpaired) electrons. The van der Waals surface area contributed by atoms with Crippen LogP contribution >= 0.6 is 11.3 Å². The van der Waals surface area contributed by atoms with E-state index in [1.165, 1.54) is 35.2 Å². The standard InChI is InChI=1S/C23H19FN2O3S/c1-3-17-19(22(28)29-2)20(14-9-5-4-6-10-14)26-21(27)18(30-23(26)25-17)13-15-11-7-8-12-16(15)24/h4-13,20H,3H2,1-2H3/b18-13-/t20-/m1/s1. The second-order valence-corrected chi connectivity index (χ2v) is 7.73. The third kappa shape index (κ3) is 3.41. The van der Waals surface area contributed by atoms with E-state index in [4.69, 9.17) is 4.74 Å². The molecule has 1 aliphatic heterocycles. The predicted octanol–water partition coefficient (Wildman–Crippen LogP) is 2.94. The van der Waals surface area contributed by atoms with Crippen molar-refractivity contribution in [3.63, 3.8) is 0 Å². The number of nitrogens with zero attached hydrogens (tertiary/aromatic N) is 2. The number of fused-ring (bicyclic) bond motifs is 1. The van der Waals surface area contributed by atoms with Gasteiger partial charge in [-0.05, 0) is 24.1 Å². The maximum Gasteiger partial charge on any atom is 0.338 e. The molecule has 0 N–H and O–H groups in total. The van der Waals surface area contributed by atoms with E-state index < -0.39 is 17.8 Å². The molecule has 1 aliphatic rings. The molecule has 0 unspecified atom stereocenters. The summed E-state index contributed by atoms with van der Waals surface area (Å²) in [4.78, 5) is 31.1. The van der Waals surface area contributed by atoms with E-state index in [1.807, 2.05) is 37.3 Å². The number of benzene rings is 2. The first kappa shape index (κ1) is 20.0. The Labute approximate surface area is 176 Å². The molecule has 2 heterocycles. The number of allylic oxidation sites excluding steroid dienone is 1. The van der Waals surface area contributed by atoms with E-state index in [0.717, 1.165) is 5.56 Å². The molecule has 0 spiro atoms. The van der Waals surface area contributed by atoms with Gasteiger partial charge in [0.25, 0.3) is 5.56 Å². The van der Waals surface area contributed by atoms with Crippen molar-refractivity contribution >= 4 is 23.4 Å². The third-order valence-corrected chi connectivity index (χ3v) is 5.94. The lowest BCUT2D eigenvalue weighted by atomic mass is 9.95. The number of carbonyl (C=O) groups is 1. The minimum atomic E-state index is -0.660. The molecule has 4 rings (SSSR count). The van der Waals surface area contributed by atoms with Crippen molar-refractivity contribution in [3.05, 3.63) is 102 Å². The van der Waals surface area contributed by atoms with Crippen LogP contribution < -0.4 is 14.9 Å². The summed E-state index contributed by atoms with van der Waals surface area (Å²) >= 11 is 1.18. The van der Waals surface area contributed by atoms with E-state index in [1.54, 1.807) is 18.2 Å². The highest BCUT2D eigenvalue weighted by molar-refractivity contribution is 7.07.